The summed E-state index contributed by atoms with van der Waals surface area (Å²) in [6.45, 7) is 0.564. The molecule has 1 atom stereocenters. The summed E-state index contributed by atoms with van der Waals surface area (Å²) in [4.78, 5) is 21.8. The molecule has 6 heteroatoms. The van der Waals surface area contributed by atoms with Crippen LogP contribution in [0.25, 0.3) is 0 Å². The molecule has 0 fully saturated rings. The number of nitrogens with one attached hydrogen (secondary N) is 1. The number of aromatic amines is 1. The fraction of sp³-hybridized carbons (Fsp3) is 0.571. The molecule has 0 aromatic carbocycles. The molecule has 70 valence electrons. The lowest BCUT2D eigenvalue weighted by Gasteiger charge is -2.17. The van der Waals surface area contributed by atoms with Gasteiger partial charge in [0.15, 0.2) is 0 Å². The lowest BCUT2D eigenvalue weighted by molar-refractivity contribution is -0.139. The number of aromatic nitrogens is 3. The van der Waals surface area contributed by atoms with Crippen LogP contribution in [0.4, 0.5) is 0 Å². The molecular weight excluding hydrogens is 174 g/mol. The normalized spacial score (nSPS) is 21.1. The van der Waals surface area contributed by atoms with Crippen LogP contribution in [0.3, 0.4) is 0 Å². The third-order valence-electron chi connectivity index (χ3n) is 2.27. The van der Waals surface area contributed by atoms with Crippen LogP contribution in [0.1, 0.15) is 24.6 Å². The highest BCUT2D eigenvalue weighted by molar-refractivity contribution is 5.74. The van der Waals surface area contributed by atoms with Crippen molar-refractivity contribution in [3.8, 4) is 0 Å². The Morgan fingerprint density at radius 1 is 1.69 bits per heavy atom. The van der Waals surface area contributed by atoms with Crippen LogP contribution in [0, 0.1) is 0 Å². The lowest BCUT2D eigenvalue weighted by Crippen LogP contribution is -2.27. The number of hydrogen-bond donors (Lipinski definition) is 2. The van der Waals surface area contributed by atoms with E-state index in [0.717, 1.165) is 0 Å². The number of aliphatic carboxylic acids is 1. The van der Waals surface area contributed by atoms with E-state index in [9.17, 15) is 9.59 Å². The molecule has 0 amide bonds. The Labute approximate surface area is 73.2 Å². The molecule has 1 aliphatic rings. The number of carboxylic acids is 1. The van der Waals surface area contributed by atoms with Gasteiger partial charge in [-0.3, -0.25) is 9.36 Å². The van der Waals surface area contributed by atoms with E-state index >= 15 is 0 Å². The number of carbonyl (C=O) groups is 1. The van der Waals surface area contributed by atoms with Crippen molar-refractivity contribution in [2.45, 2.75) is 25.3 Å². The first-order valence-corrected chi connectivity index (χ1v) is 4.08. The highest BCUT2D eigenvalue weighted by Gasteiger charge is 2.29. The third-order valence-corrected chi connectivity index (χ3v) is 2.27. The maximum absolute atomic E-state index is 11.1. The van der Waals surface area contributed by atoms with E-state index in [1.54, 1.807) is 0 Å². The summed E-state index contributed by atoms with van der Waals surface area (Å²) in [6.07, 6.45) is 1.27. The number of hydrogen-bond acceptors (Lipinski definition) is 3. The molecule has 0 radical (unpaired) electrons. The Bertz CT molecular complexity index is 392. The van der Waals surface area contributed by atoms with E-state index in [2.05, 4.69) is 10.2 Å². The first-order chi connectivity index (χ1) is 6.20. The molecule has 1 aromatic rings. The minimum Gasteiger partial charge on any atom is -0.481 e. The van der Waals surface area contributed by atoms with Crippen molar-refractivity contribution in [1.29, 1.82) is 0 Å². The van der Waals surface area contributed by atoms with Crippen LogP contribution in [0.2, 0.25) is 0 Å². The molecule has 2 heterocycles. The molecule has 0 aliphatic carbocycles. The molecule has 1 aromatic heterocycles. The highest BCUT2D eigenvalue weighted by atomic mass is 16.4. The van der Waals surface area contributed by atoms with Crippen molar-refractivity contribution in [3.63, 3.8) is 0 Å². The minimum atomic E-state index is -0.917. The summed E-state index contributed by atoms with van der Waals surface area (Å²) < 4.78 is 1.39. The third kappa shape index (κ3) is 1.14. The van der Waals surface area contributed by atoms with Gasteiger partial charge in [0, 0.05) is 6.54 Å². The zero-order valence-electron chi connectivity index (χ0n) is 6.86. The first kappa shape index (κ1) is 8.03. The Hall–Kier alpha value is -1.59. The van der Waals surface area contributed by atoms with Gasteiger partial charge < -0.3 is 5.11 Å². The largest absolute Gasteiger partial charge is 0.481 e. The second-order valence-corrected chi connectivity index (χ2v) is 3.07. The molecule has 2 N–H and O–H groups in total. The molecule has 0 spiro atoms. The molecule has 0 saturated carbocycles. The molecule has 1 aliphatic heterocycles. The molecule has 0 unspecified atom stereocenters. The van der Waals surface area contributed by atoms with Crippen molar-refractivity contribution in [1.82, 2.24) is 14.8 Å². The van der Waals surface area contributed by atoms with Crippen LogP contribution in [-0.2, 0) is 11.3 Å². The summed E-state index contributed by atoms with van der Waals surface area (Å²) in [6, 6.07) is 0. The smallest absolute Gasteiger partial charge is 0.343 e. The van der Waals surface area contributed by atoms with Crippen molar-refractivity contribution in [2.75, 3.05) is 0 Å². The monoisotopic (exact) mass is 183 g/mol. The topological polar surface area (TPSA) is 88.0 Å². The van der Waals surface area contributed by atoms with E-state index in [1.165, 1.54) is 4.57 Å². The maximum atomic E-state index is 11.1. The number of carboxylic acid groups (broad SMARTS) is 1. The lowest BCUT2D eigenvalue weighted by atomic mass is 9.99. The molecule has 0 saturated heterocycles. The second-order valence-electron chi connectivity index (χ2n) is 3.07. The zero-order chi connectivity index (χ0) is 9.42. The average Bonchev–Trinajstić information content (AvgIpc) is 2.48. The van der Waals surface area contributed by atoms with Crippen LogP contribution < -0.4 is 5.69 Å². The van der Waals surface area contributed by atoms with Crippen molar-refractivity contribution in [2.24, 2.45) is 0 Å². The van der Waals surface area contributed by atoms with E-state index in [1.807, 2.05) is 0 Å². The van der Waals surface area contributed by atoms with Crippen molar-refractivity contribution >= 4 is 5.97 Å². The van der Waals surface area contributed by atoms with Gasteiger partial charge in [-0.1, -0.05) is 0 Å². The van der Waals surface area contributed by atoms with Crippen LogP contribution in [0.5, 0.6) is 0 Å². The predicted molar refractivity (Wildman–Crippen MR) is 42.5 cm³/mol. The Morgan fingerprint density at radius 3 is 3.15 bits per heavy atom. The van der Waals surface area contributed by atoms with E-state index in [0.29, 0.717) is 25.2 Å². The zero-order valence-corrected chi connectivity index (χ0v) is 6.86. The van der Waals surface area contributed by atoms with Gasteiger partial charge in [-0.2, -0.15) is 5.10 Å². The van der Waals surface area contributed by atoms with Gasteiger partial charge in [0.1, 0.15) is 11.7 Å². The van der Waals surface area contributed by atoms with E-state index in [-0.39, 0.29) is 5.69 Å². The van der Waals surface area contributed by atoms with Crippen LogP contribution in [-0.4, -0.2) is 25.8 Å². The van der Waals surface area contributed by atoms with Crippen LogP contribution in [0.15, 0.2) is 4.79 Å². The first-order valence-electron chi connectivity index (χ1n) is 4.08. The highest BCUT2D eigenvalue weighted by Crippen LogP contribution is 2.23. The van der Waals surface area contributed by atoms with Gasteiger partial charge >= 0.3 is 11.7 Å². The Morgan fingerprint density at radius 2 is 2.46 bits per heavy atom. The minimum absolute atomic E-state index is 0.319. The number of rotatable bonds is 1. The van der Waals surface area contributed by atoms with Gasteiger partial charge in [0.05, 0.1) is 0 Å². The summed E-state index contributed by atoms with van der Waals surface area (Å²) >= 11 is 0. The fourth-order valence-corrected chi connectivity index (χ4v) is 1.63. The number of H-pyrrole nitrogens is 1. The standard InChI is InChI=1S/C7H9N3O3/c11-6(12)4-2-1-3-10-5(4)8-9-7(10)13/h4H,1-3H2,(H,9,13)(H,11,12)/t4-/m0/s1. The van der Waals surface area contributed by atoms with Gasteiger partial charge in [0.25, 0.3) is 0 Å². The van der Waals surface area contributed by atoms with Crippen LogP contribution >= 0.6 is 0 Å². The number of fused-ring (bicyclic) bond motifs is 1. The Balaban J connectivity index is 2.49. The molecule has 0 bridgehead atoms. The van der Waals surface area contributed by atoms with Gasteiger partial charge in [-0.05, 0) is 12.8 Å². The van der Waals surface area contributed by atoms with Crippen molar-refractivity contribution in [3.05, 3.63) is 16.3 Å². The summed E-state index contributed by atoms with van der Waals surface area (Å²) in [7, 11) is 0. The van der Waals surface area contributed by atoms with Crippen molar-refractivity contribution < 1.29 is 9.90 Å². The predicted octanol–water partition coefficient (Wildman–Crippen LogP) is -0.467. The van der Waals surface area contributed by atoms with Gasteiger partial charge in [-0.15, -0.1) is 0 Å². The summed E-state index contributed by atoms with van der Waals surface area (Å²) in [5.41, 5.74) is -0.319. The number of nitrogens with zero attached hydrogens (tertiary/aromatic N) is 2. The average molecular weight is 183 g/mol. The molecule has 2 rings (SSSR count). The molecule has 13 heavy (non-hydrogen) atoms. The van der Waals surface area contributed by atoms with Gasteiger partial charge in [0.2, 0.25) is 0 Å². The SMILES string of the molecule is O=C(O)[C@H]1CCCn2c1n[nH]c2=O. The van der Waals surface area contributed by atoms with Gasteiger partial charge in [-0.25, -0.2) is 9.89 Å². The van der Waals surface area contributed by atoms with E-state index < -0.39 is 11.9 Å². The summed E-state index contributed by atoms with van der Waals surface area (Å²) in [5, 5.41) is 14.8. The van der Waals surface area contributed by atoms with E-state index in [4.69, 9.17) is 5.11 Å². The molecule has 6 nitrogen and oxygen atoms in total. The fourth-order valence-electron chi connectivity index (χ4n) is 1.63. The second kappa shape index (κ2) is 2.72. The quantitative estimate of drug-likeness (QED) is 0.616. The maximum Gasteiger partial charge on any atom is 0.343 e. The molecular formula is C7H9N3O3. The summed E-state index contributed by atoms with van der Waals surface area (Å²) in [5.74, 6) is -1.20. The Kier molecular flexibility index (Phi) is 1.68.